The predicted octanol–water partition coefficient (Wildman–Crippen LogP) is 3.82. The van der Waals surface area contributed by atoms with Crippen LogP contribution in [-0.2, 0) is 13.0 Å². The molecule has 0 radical (unpaired) electrons. The molecule has 1 saturated carbocycles. The topological polar surface area (TPSA) is 24.9 Å². The molecule has 2 aliphatic carbocycles. The molecule has 2 aromatic rings. The van der Waals surface area contributed by atoms with Crippen LogP contribution in [0.2, 0.25) is 0 Å². The molecule has 1 atom stereocenters. The summed E-state index contributed by atoms with van der Waals surface area (Å²) in [6.45, 7) is 4.19. The van der Waals surface area contributed by atoms with Crippen LogP contribution in [0.25, 0.3) is 0 Å². The fourth-order valence-corrected chi connectivity index (χ4v) is 4.29. The zero-order valence-electron chi connectivity index (χ0n) is 11.9. The summed E-state index contributed by atoms with van der Waals surface area (Å²) in [5.41, 5.74) is 4.41. The fourth-order valence-electron chi connectivity index (χ4n) is 3.05. The highest BCUT2D eigenvalue weighted by atomic mass is 32.1. The van der Waals surface area contributed by atoms with Crippen LogP contribution >= 0.6 is 11.3 Å². The lowest BCUT2D eigenvalue weighted by Gasteiger charge is -2.28. The van der Waals surface area contributed by atoms with E-state index in [0.717, 1.165) is 19.0 Å². The van der Waals surface area contributed by atoms with E-state index in [4.69, 9.17) is 4.98 Å². The Balaban J connectivity index is 1.63. The van der Waals surface area contributed by atoms with Gasteiger partial charge in [0, 0.05) is 23.3 Å². The van der Waals surface area contributed by atoms with Crippen molar-refractivity contribution in [2.45, 2.75) is 44.6 Å². The van der Waals surface area contributed by atoms with Crippen molar-refractivity contribution in [2.75, 3.05) is 6.54 Å². The summed E-state index contributed by atoms with van der Waals surface area (Å²) in [4.78, 5) is 6.50. The molecule has 3 heteroatoms. The summed E-state index contributed by atoms with van der Waals surface area (Å²) in [6, 6.07) is 8.82. The van der Waals surface area contributed by atoms with Crippen LogP contribution in [0.3, 0.4) is 0 Å². The number of thiazole rings is 1. The SMILES string of the molecule is CCNCc1sc(C2Cc3ccccc32)nc1C1CC1. The number of nitrogens with zero attached hydrogens (tertiary/aromatic N) is 1. The van der Waals surface area contributed by atoms with Gasteiger partial charge < -0.3 is 5.32 Å². The van der Waals surface area contributed by atoms with Crippen molar-refractivity contribution in [3.05, 3.63) is 51.0 Å². The molecule has 4 rings (SSSR count). The standard InChI is InChI=1S/C17H20N2S/c1-2-18-10-15-16(11-7-8-11)19-17(20-15)14-9-12-5-3-4-6-13(12)14/h3-6,11,14,18H,2,7-10H2,1H3. The largest absolute Gasteiger partial charge is 0.312 e. The van der Waals surface area contributed by atoms with E-state index >= 15 is 0 Å². The Labute approximate surface area is 124 Å². The van der Waals surface area contributed by atoms with E-state index < -0.39 is 0 Å². The Morgan fingerprint density at radius 1 is 1.30 bits per heavy atom. The Kier molecular flexibility index (Phi) is 3.12. The number of hydrogen-bond donors (Lipinski definition) is 1. The van der Waals surface area contributed by atoms with Crippen LogP contribution in [0.1, 0.15) is 58.3 Å². The van der Waals surface area contributed by atoms with Gasteiger partial charge in [-0.1, -0.05) is 31.2 Å². The van der Waals surface area contributed by atoms with Gasteiger partial charge in [0.05, 0.1) is 5.69 Å². The summed E-state index contributed by atoms with van der Waals surface area (Å²) in [5, 5.41) is 4.81. The highest BCUT2D eigenvalue weighted by Crippen LogP contribution is 2.47. The Morgan fingerprint density at radius 3 is 2.90 bits per heavy atom. The van der Waals surface area contributed by atoms with E-state index in [1.807, 2.05) is 11.3 Å². The number of fused-ring (bicyclic) bond motifs is 1. The molecular formula is C17H20N2S. The molecule has 1 aromatic heterocycles. The summed E-state index contributed by atoms with van der Waals surface area (Å²) in [6.07, 6.45) is 3.85. The molecule has 0 aliphatic heterocycles. The van der Waals surface area contributed by atoms with E-state index in [1.165, 1.54) is 46.0 Å². The Morgan fingerprint density at radius 2 is 2.15 bits per heavy atom. The maximum Gasteiger partial charge on any atom is 0.101 e. The lowest BCUT2D eigenvalue weighted by Crippen LogP contribution is -2.17. The lowest BCUT2D eigenvalue weighted by molar-refractivity contribution is 0.696. The second kappa shape index (κ2) is 4.97. The molecule has 0 amide bonds. The van der Waals surface area contributed by atoms with Crippen molar-refractivity contribution < 1.29 is 0 Å². The molecule has 1 heterocycles. The minimum atomic E-state index is 0.559. The van der Waals surface area contributed by atoms with Gasteiger partial charge >= 0.3 is 0 Å². The highest BCUT2D eigenvalue weighted by Gasteiger charge is 2.34. The Bertz CT molecular complexity index is 628. The lowest BCUT2D eigenvalue weighted by atomic mass is 9.78. The zero-order chi connectivity index (χ0) is 13.5. The van der Waals surface area contributed by atoms with Crippen LogP contribution in [0, 0.1) is 0 Å². The number of hydrogen-bond acceptors (Lipinski definition) is 3. The number of benzene rings is 1. The smallest absolute Gasteiger partial charge is 0.101 e. The molecular weight excluding hydrogens is 264 g/mol. The number of aromatic nitrogens is 1. The third kappa shape index (κ3) is 2.09. The quantitative estimate of drug-likeness (QED) is 0.903. The van der Waals surface area contributed by atoms with E-state index in [1.54, 1.807) is 0 Å². The number of nitrogens with one attached hydrogen (secondary N) is 1. The van der Waals surface area contributed by atoms with Gasteiger partial charge in [-0.3, -0.25) is 0 Å². The maximum absolute atomic E-state index is 5.02. The van der Waals surface area contributed by atoms with Crippen LogP contribution < -0.4 is 5.32 Å². The monoisotopic (exact) mass is 284 g/mol. The van der Waals surface area contributed by atoms with Gasteiger partial charge in [0.2, 0.25) is 0 Å². The highest BCUT2D eigenvalue weighted by molar-refractivity contribution is 7.11. The third-order valence-corrected chi connectivity index (χ3v) is 5.58. The van der Waals surface area contributed by atoms with Gasteiger partial charge in [0.1, 0.15) is 5.01 Å². The summed E-state index contributed by atoms with van der Waals surface area (Å²) < 4.78 is 0. The van der Waals surface area contributed by atoms with E-state index in [9.17, 15) is 0 Å². The first-order chi connectivity index (χ1) is 9.86. The molecule has 1 fully saturated rings. The minimum Gasteiger partial charge on any atom is -0.312 e. The van der Waals surface area contributed by atoms with Crippen LogP contribution in [-0.4, -0.2) is 11.5 Å². The van der Waals surface area contributed by atoms with Gasteiger partial charge in [0.25, 0.3) is 0 Å². The Hall–Kier alpha value is -1.19. The first-order valence-electron chi connectivity index (χ1n) is 7.64. The van der Waals surface area contributed by atoms with Gasteiger partial charge in [-0.05, 0) is 36.9 Å². The van der Waals surface area contributed by atoms with Crippen molar-refractivity contribution in [3.63, 3.8) is 0 Å². The van der Waals surface area contributed by atoms with Gasteiger partial charge in [0.15, 0.2) is 0 Å². The summed E-state index contributed by atoms with van der Waals surface area (Å²) in [5.74, 6) is 1.31. The molecule has 1 N–H and O–H groups in total. The van der Waals surface area contributed by atoms with Crippen molar-refractivity contribution in [1.29, 1.82) is 0 Å². The van der Waals surface area contributed by atoms with Crippen molar-refractivity contribution in [2.24, 2.45) is 0 Å². The average molecular weight is 284 g/mol. The second-order valence-corrected chi connectivity index (χ2v) is 6.99. The third-order valence-electron chi connectivity index (χ3n) is 4.40. The van der Waals surface area contributed by atoms with Gasteiger partial charge in [-0.2, -0.15) is 0 Å². The molecule has 104 valence electrons. The van der Waals surface area contributed by atoms with E-state index in [-0.39, 0.29) is 0 Å². The van der Waals surface area contributed by atoms with Crippen LogP contribution in [0.5, 0.6) is 0 Å². The molecule has 1 aromatic carbocycles. The zero-order valence-corrected chi connectivity index (χ0v) is 12.7. The fraction of sp³-hybridized carbons (Fsp3) is 0.471. The first-order valence-corrected chi connectivity index (χ1v) is 8.46. The maximum atomic E-state index is 5.02. The van der Waals surface area contributed by atoms with Crippen molar-refractivity contribution >= 4 is 11.3 Å². The second-order valence-electron chi connectivity index (χ2n) is 5.87. The van der Waals surface area contributed by atoms with Crippen molar-refractivity contribution in [1.82, 2.24) is 10.3 Å². The van der Waals surface area contributed by atoms with Crippen LogP contribution in [0.4, 0.5) is 0 Å². The van der Waals surface area contributed by atoms with E-state index in [2.05, 4.69) is 36.5 Å². The predicted molar refractivity (Wildman–Crippen MR) is 83.5 cm³/mol. The van der Waals surface area contributed by atoms with Crippen LogP contribution in [0.15, 0.2) is 24.3 Å². The minimum absolute atomic E-state index is 0.559. The van der Waals surface area contributed by atoms with Gasteiger partial charge in [-0.25, -0.2) is 4.98 Å². The summed E-state index contributed by atoms with van der Waals surface area (Å²) in [7, 11) is 0. The molecule has 0 bridgehead atoms. The molecule has 0 saturated heterocycles. The number of rotatable bonds is 5. The van der Waals surface area contributed by atoms with E-state index in [0.29, 0.717) is 5.92 Å². The molecule has 0 spiro atoms. The molecule has 1 unspecified atom stereocenters. The van der Waals surface area contributed by atoms with Crippen molar-refractivity contribution in [3.8, 4) is 0 Å². The average Bonchev–Trinajstić information content (AvgIpc) is 3.20. The molecule has 20 heavy (non-hydrogen) atoms. The normalized spacial score (nSPS) is 20.6. The first kappa shape index (κ1) is 12.5. The molecule has 2 aliphatic rings. The van der Waals surface area contributed by atoms with Gasteiger partial charge in [-0.15, -0.1) is 11.3 Å². The molecule has 2 nitrogen and oxygen atoms in total. The summed E-state index contributed by atoms with van der Waals surface area (Å²) >= 11 is 1.94.